The molecule has 1 saturated carbocycles. The zero-order valence-corrected chi connectivity index (χ0v) is 21.4. The van der Waals surface area contributed by atoms with E-state index in [1.807, 2.05) is 17.9 Å². The van der Waals surface area contributed by atoms with Gasteiger partial charge in [0.1, 0.15) is 5.75 Å². The van der Waals surface area contributed by atoms with Gasteiger partial charge in [-0.1, -0.05) is 17.7 Å². The lowest BCUT2D eigenvalue weighted by atomic mass is 10.2. The second-order valence-corrected chi connectivity index (χ2v) is 11.1. The SMILES string of the molecule is COc1ccc(N(CCC(=O)N2CCN(C(=O)C3CC3)CC2)S(=O)(=O)c2ccc(C)cc2C)cc1. The van der Waals surface area contributed by atoms with E-state index >= 15 is 0 Å². The Morgan fingerprint density at radius 2 is 1.60 bits per heavy atom. The van der Waals surface area contributed by atoms with Gasteiger partial charge in [-0.15, -0.1) is 0 Å². The molecule has 4 rings (SSSR count). The van der Waals surface area contributed by atoms with Crippen molar-refractivity contribution in [2.75, 3.05) is 44.1 Å². The molecule has 0 spiro atoms. The Bertz CT molecular complexity index is 1180. The van der Waals surface area contributed by atoms with Crippen LogP contribution in [0.5, 0.6) is 5.75 Å². The molecule has 1 heterocycles. The lowest BCUT2D eigenvalue weighted by molar-refractivity contribution is -0.140. The number of ether oxygens (including phenoxy) is 1. The summed E-state index contributed by atoms with van der Waals surface area (Å²) in [7, 11) is -2.35. The maximum atomic E-state index is 13.7. The van der Waals surface area contributed by atoms with E-state index < -0.39 is 10.0 Å². The lowest BCUT2D eigenvalue weighted by Crippen LogP contribution is -2.51. The monoisotopic (exact) mass is 499 g/mol. The summed E-state index contributed by atoms with van der Waals surface area (Å²) in [5.74, 6) is 0.873. The number of rotatable bonds is 8. The van der Waals surface area contributed by atoms with Crippen LogP contribution < -0.4 is 9.04 Å². The highest BCUT2D eigenvalue weighted by Gasteiger charge is 2.35. The predicted molar refractivity (Wildman–Crippen MR) is 134 cm³/mol. The van der Waals surface area contributed by atoms with Crippen LogP contribution in [0, 0.1) is 19.8 Å². The van der Waals surface area contributed by atoms with E-state index in [-0.39, 0.29) is 35.6 Å². The fourth-order valence-electron chi connectivity index (χ4n) is 4.46. The molecule has 1 aliphatic carbocycles. The molecule has 0 bridgehead atoms. The van der Waals surface area contributed by atoms with Crippen molar-refractivity contribution >= 4 is 27.5 Å². The average molecular weight is 500 g/mol. The van der Waals surface area contributed by atoms with Crippen LogP contribution in [0.3, 0.4) is 0 Å². The third-order valence-corrected chi connectivity index (χ3v) is 8.65. The number of anilines is 1. The van der Waals surface area contributed by atoms with E-state index in [2.05, 4.69) is 0 Å². The van der Waals surface area contributed by atoms with Crippen molar-refractivity contribution in [3.63, 3.8) is 0 Å². The molecular weight excluding hydrogens is 466 g/mol. The third kappa shape index (κ3) is 5.61. The molecule has 2 amide bonds. The Morgan fingerprint density at radius 1 is 0.971 bits per heavy atom. The molecule has 1 aliphatic heterocycles. The van der Waals surface area contributed by atoms with Crippen molar-refractivity contribution in [3.05, 3.63) is 53.6 Å². The fourth-order valence-corrected chi connectivity index (χ4v) is 6.14. The number of nitrogens with zero attached hydrogens (tertiary/aromatic N) is 3. The van der Waals surface area contributed by atoms with Crippen LogP contribution >= 0.6 is 0 Å². The number of hydrogen-bond donors (Lipinski definition) is 0. The molecule has 0 atom stereocenters. The van der Waals surface area contributed by atoms with E-state index in [0.717, 1.165) is 18.4 Å². The molecule has 0 radical (unpaired) electrons. The van der Waals surface area contributed by atoms with Crippen molar-refractivity contribution in [3.8, 4) is 5.75 Å². The molecule has 35 heavy (non-hydrogen) atoms. The van der Waals surface area contributed by atoms with Gasteiger partial charge in [0, 0.05) is 45.1 Å². The summed E-state index contributed by atoms with van der Waals surface area (Å²) >= 11 is 0. The van der Waals surface area contributed by atoms with Crippen LogP contribution in [-0.4, -0.2) is 69.9 Å². The van der Waals surface area contributed by atoms with Gasteiger partial charge in [0.05, 0.1) is 17.7 Å². The zero-order valence-electron chi connectivity index (χ0n) is 20.6. The molecule has 188 valence electrons. The minimum Gasteiger partial charge on any atom is -0.497 e. The van der Waals surface area contributed by atoms with E-state index in [1.54, 1.807) is 55.3 Å². The first-order valence-electron chi connectivity index (χ1n) is 12.0. The first-order chi connectivity index (χ1) is 16.7. The molecule has 2 aromatic carbocycles. The van der Waals surface area contributed by atoms with Crippen molar-refractivity contribution in [1.82, 2.24) is 9.80 Å². The normalized spacial score (nSPS) is 16.2. The van der Waals surface area contributed by atoms with Gasteiger partial charge in [0.25, 0.3) is 10.0 Å². The topological polar surface area (TPSA) is 87.2 Å². The molecule has 0 aromatic heterocycles. The van der Waals surface area contributed by atoms with Crippen LogP contribution in [-0.2, 0) is 19.6 Å². The molecule has 2 aromatic rings. The molecule has 9 heteroatoms. The summed E-state index contributed by atoms with van der Waals surface area (Å²) in [6.45, 7) is 5.73. The summed E-state index contributed by atoms with van der Waals surface area (Å²) in [5.41, 5.74) is 2.11. The number of aryl methyl sites for hydroxylation is 2. The first kappa shape index (κ1) is 25.0. The van der Waals surface area contributed by atoms with Gasteiger partial charge < -0.3 is 14.5 Å². The van der Waals surface area contributed by atoms with Gasteiger partial charge in [-0.25, -0.2) is 8.42 Å². The Hall–Kier alpha value is -3.07. The highest BCUT2D eigenvalue weighted by Crippen LogP contribution is 2.31. The van der Waals surface area contributed by atoms with Gasteiger partial charge in [-0.3, -0.25) is 13.9 Å². The summed E-state index contributed by atoms with van der Waals surface area (Å²) in [4.78, 5) is 29.1. The Labute approximate surface area is 207 Å². The number of piperazine rings is 1. The van der Waals surface area contributed by atoms with Crippen molar-refractivity contribution in [1.29, 1.82) is 0 Å². The standard InChI is InChI=1S/C26H33N3O5S/c1-19-4-11-24(20(2)18-19)35(32,33)29(22-7-9-23(34-3)10-8-22)13-12-25(30)27-14-16-28(17-15-27)26(31)21-5-6-21/h4,7-11,18,21H,5-6,12-17H2,1-3H3. The molecule has 2 fully saturated rings. The van der Waals surface area contributed by atoms with Crippen molar-refractivity contribution < 1.29 is 22.7 Å². The largest absolute Gasteiger partial charge is 0.497 e. The second-order valence-electron chi connectivity index (χ2n) is 9.27. The fraction of sp³-hybridized carbons (Fsp3) is 0.462. The quantitative estimate of drug-likeness (QED) is 0.557. The molecule has 2 aliphatic rings. The molecule has 0 N–H and O–H groups in total. The summed E-state index contributed by atoms with van der Waals surface area (Å²) in [6, 6.07) is 12.0. The minimum absolute atomic E-state index is 0.0159. The number of hydrogen-bond acceptors (Lipinski definition) is 5. The zero-order chi connectivity index (χ0) is 25.2. The van der Waals surface area contributed by atoms with Crippen molar-refractivity contribution in [2.24, 2.45) is 5.92 Å². The highest BCUT2D eigenvalue weighted by molar-refractivity contribution is 7.92. The molecule has 1 saturated heterocycles. The Kier molecular flexibility index (Phi) is 7.35. The van der Waals surface area contributed by atoms with Gasteiger partial charge in [0.15, 0.2) is 0 Å². The van der Waals surface area contributed by atoms with Crippen LogP contribution in [0.1, 0.15) is 30.4 Å². The van der Waals surface area contributed by atoms with E-state index in [9.17, 15) is 18.0 Å². The molecule has 8 nitrogen and oxygen atoms in total. The summed E-state index contributed by atoms with van der Waals surface area (Å²) < 4.78 is 34.0. The number of benzene rings is 2. The summed E-state index contributed by atoms with van der Waals surface area (Å²) in [6.07, 6.45) is 1.98. The lowest BCUT2D eigenvalue weighted by Gasteiger charge is -2.35. The minimum atomic E-state index is -3.90. The highest BCUT2D eigenvalue weighted by atomic mass is 32.2. The number of methoxy groups -OCH3 is 1. The Morgan fingerprint density at radius 3 is 2.17 bits per heavy atom. The van der Waals surface area contributed by atoms with E-state index in [1.165, 1.54) is 4.31 Å². The van der Waals surface area contributed by atoms with Crippen LogP contribution in [0.15, 0.2) is 47.4 Å². The molecular formula is C26H33N3O5S. The third-order valence-electron chi connectivity index (χ3n) is 6.66. The number of carbonyl (C=O) groups is 2. The molecule has 0 unspecified atom stereocenters. The van der Waals surface area contributed by atoms with E-state index in [0.29, 0.717) is 43.2 Å². The maximum absolute atomic E-state index is 13.7. The Balaban J connectivity index is 1.49. The van der Waals surface area contributed by atoms with Crippen LogP contribution in [0.4, 0.5) is 5.69 Å². The van der Waals surface area contributed by atoms with Gasteiger partial charge in [-0.05, 0) is 62.6 Å². The predicted octanol–water partition coefficient (Wildman–Crippen LogP) is 2.98. The first-order valence-corrected chi connectivity index (χ1v) is 13.5. The number of carbonyl (C=O) groups excluding carboxylic acids is 2. The van der Waals surface area contributed by atoms with E-state index in [4.69, 9.17) is 4.74 Å². The average Bonchev–Trinajstić information content (AvgIpc) is 3.69. The van der Waals surface area contributed by atoms with Gasteiger partial charge >= 0.3 is 0 Å². The maximum Gasteiger partial charge on any atom is 0.264 e. The van der Waals surface area contributed by atoms with Gasteiger partial charge in [0.2, 0.25) is 11.8 Å². The van der Waals surface area contributed by atoms with Crippen LogP contribution in [0.25, 0.3) is 0 Å². The second kappa shape index (κ2) is 10.3. The number of sulfonamides is 1. The summed E-state index contributed by atoms with van der Waals surface area (Å²) in [5, 5.41) is 0. The van der Waals surface area contributed by atoms with Crippen LogP contribution in [0.2, 0.25) is 0 Å². The van der Waals surface area contributed by atoms with Gasteiger partial charge in [-0.2, -0.15) is 0 Å². The smallest absolute Gasteiger partial charge is 0.264 e. The van der Waals surface area contributed by atoms with Crippen molar-refractivity contribution in [2.45, 2.75) is 38.0 Å². The number of amides is 2.